The monoisotopic (exact) mass is 208 g/mol. The Morgan fingerprint density at radius 1 is 1.53 bits per heavy atom. The maximum Gasteiger partial charge on any atom is 0.119 e. The first-order valence-electron chi connectivity index (χ1n) is 6.13. The molecule has 2 aliphatic carbocycles. The van der Waals surface area contributed by atoms with Crippen LogP contribution in [0.2, 0.25) is 0 Å². The van der Waals surface area contributed by atoms with Gasteiger partial charge in [0, 0.05) is 6.42 Å². The van der Waals surface area contributed by atoms with Gasteiger partial charge in [-0.1, -0.05) is 6.08 Å². The van der Waals surface area contributed by atoms with E-state index in [1.54, 1.807) is 0 Å². The van der Waals surface area contributed by atoms with Crippen LogP contribution in [0.4, 0.5) is 0 Å². The molecule has 84 valence electrons. The summed E-state index contributed by atoms with van der Waals surface area (Å²) in [6, 6.07) is 0. The van der Waals surface area contributed by atoms with Crippen molar-refractivity contribution in [1.29, 1.82) is 0 Å². The number of carbonyl (C=O) groups excluding carboxylic acids is 1. The van der Waals surface area contributed by atoms with Gasteiger partial charge in [-0.3, -0.25) is 0 Å². The first-order valence-corrected chi connectivity index (χ1v) is 6.13. The number of hydrogen-bond donors (Lipinski definition) is 1. The van der Waals surface area contributed by atoms with Gasteiger partial charge in [-0.2, -0.15) is 0 Å². The molecule has 2 atom stereocenters. The molecule has 0 spiro atoms. The fourth-order valence-corrected chi connectivity index (χ4v) is 2.73. The lowest BCUT2D eigenvalue weighted by molar-refractivity contribution is -0.107. The topological polar surface area (TPSA) is 37.3 Å². The highest BCUT2D eigenvalue weighted by Crippen LogP contribution is 2.53. The summed E-state index contributed by atoms with van der Waals surface area (Å²) in [7, 11) is 0. The van der Waals surface area contributed by atoms with E-state index in [9.17, 15) is 9.90 Å². The highest BCUT2D eigenvalue weighted by Gasteiger charge is 2.54. The summed E-state index contributed by atoms with van der Waals surface area (Å²) in [5.74, 6) is 0.432. The van der Waals surface area contributed by atoms with Gasteiger partial charge in [0.2, 0.25) is 0 Å². The van der Waals surface area contributed by atoms with E-state index < -0.39 is 5.60 Å². The molecule has 0 unspecified atom stereocenters. The zero-order valence-electron chi connectivity index (χ0n) is 9.24. The highest BCUT2D eigenvalue weighted by molar-refractivity contribution is 5.49. The Morgan fingerprint density at radius 3 is 3.07 bits per heavy atom. The van der Waals surface area contributed by atoms with E-state index in [2.05, 4.69) is 6.08 Å². The third-order valence-corrected chi connectivity index (χ3v) is 3.79. The molecule has 0 aromatic rings. The predicted molar refractivity (Wildman–Crippen MR) is 59.5 cm³/mol. The fraction of sp³-hybridized carbons (Fsp3) is 0.769. The second kappa shape index (κ2) is 4.48. The van der Waals surface area contributed by atoms with Crippen molar-refractivity contribution in [3.63, 3.8) is 0 Å². The molecule has 0 saturated heterocycles. The van der Waals surface area contributed by atoms with Gasteiger partial charge in [0.1, 0.15) is 6.29 Å². The van der Waals surface area contributed by atoms with Crippen molar-refractivity contribution < 1.29 is 9.90 Å². The molecular formula is C13H20O2. The second-order valence-electron chi connectivity index (χ2n) is 4.90. The first kappa shape index (κ1) is 10.9. The van der Waals surface area contributed by atoms with E-state index in [4.69, 9.17) is 0 Å². The minimum absolute atomic E-state index is 0.432. The van der Waals surface area contributed by atoms with E-state index in [0.717, 1.165) is 38.4 Å². The quantitative estimate of drug-likeness (QED) is 0.428. The molecule has 0 aliphatic heterocycles. The van der Waals surface area contributed by atoms with Crippen molar-refractivity contribution in [1.82, 2.24) is 0 Å². The van der Waals surface area contributed by atoms with E-state index in [1.165, 1.54) is 18.4 Å². The Balaban J connectivity index is 1.83. The number of allylic oxidation sites excluding steroid dienone is 1. The summed E-state index contributed by atoms with van der Waals surface area (Å²) in [6.45, 7) is 0. The molecule has 0 aromatic heterocycles. The van der Waals surface area contributed by atoms with Gasteiger partial charge in [0.15, 0.2) is 0 Å². The van der Waals surface area contributed by atoms with Crippen LogP contribution in [-0.4, -0.2) is 17.0 Å². The summed E-state index contributed by atoms with van der Waals surface area (Å²) in [5.41, 5.74) is 0.813. The zero-order valence-corrected chi connectivity index (χ0v) is 9.24. The molecule has 2 nitrogen and oxygen atoms in total. The molecule has 2 rings (SSSR count). The number of carbonyl (C=O) groups is 1. The summed E-state index contributed by atoms with van der Waals surface area (Å²) < 4.78 is 0. The number of aliphatic hydroxyl groups is 1. The zero-order chi connectivity index (χ0) is 10.7. The minimum Gasteiger partial charge on any atom is -0.385 e. The maximum absolute atomic E-state index is 10.4. The summed E-state index contributed by atoms with van der Waals surface area (Å²) in [6.07, 6.45) is 11.5. The predicted octanol–water partition coefficient (Wildman–Crippen LogP) is 2.61. The van der Waals surface area contributed by atoms with E-state index in [-0.39, 0.29) is 0 Å². The van der Waals surface area contributed by atoms with Crippen molar-refractivity contribution in [2.45, 2.75) is 57.0 Å². The van der Waals surface area contributed by atoms with Gasteiger partial charge in [-0.25, -0.2) is 0 Å². The van der Waals surface area contributed by atoms with Gasteiger partial charge in [0.25, 0.3) is 0 Å². The molecule has 0 heterocycles. The van der Waals surface area contributed by atoms with Gasteiger partial charge in [-0.05, 0) is 56.4 Å². The lowest BCUT2D eigenvalue weighted by Crippen LogP contribution is -2.16. The van der Waals surface area contributed by atoms with Crippen molar-refractivity contribution in [3.05, 3.63) is 11.6 Å². The van der Waals surface area contributed by atoms with Crippen LogP contribution in [0.25, 0.3) is 0 Å². The van der Waals surface area contributed by atoms with Crippen LogP contribution in [0.3, 0.4) is 0 Å². The molecule has 2 aliphatic rings. The Hall–Kier alpha value is -0.630. The Labute approximate surface area is 91.4 Å². The molecule has 1 saturated carbocycles. The lowest BCUT2D eigenvalue weighted by Gasteiger charge is -2.19. The van der Waals surface area contributed by atoms with E-state index in [1.807, 2.05) is 0 Å². The molecule has 15 heavy (non-hydrogen) atoms. The number of rotatable bonds is 5. The number of hydrogen-bond acceptors (Lipinski definition) is 2. The maximum atomic E-state index is 10.4. The standard InChI is InChI=1S/C13H20O2/c14-9-5-4-8-12-10-13(12,15)11-6-2-1-3-7-11/h6,9,12,15H,1-5,7-8,10H2/t12-,13+/m1/s1. The van der Waals surface area contributed by atoms with Crippen LogP contribution in [0.15, 0.2) is 11.6 Å². The second-order valence-corrected chi connectivity index (χ2v) is 4.90. The van der Waals surface area contributed by atoms with Crippen molar-refractivity contribution in [2.24, 2.45) is 5.92 Å². The third kappa shape index (κ3) is 2.31. The molecule has 0 amide bonds. The highest BCUT2D eigenvalue weighted by atomic mass is 16.3. The summed E-state index contributed by atoms with van der Waals surface area (Å²) in [4.78, 5) is 10.2. The molecule has 0 aromatic carbocycles. The lowest BCUT2D eigenvalue weighted by atomic mass is 9.92. The van der Waals surface area contributed by atoms with Crippen LogP contribution in [0, 0.1) is 5.92 Å². The van der Waals surface area contributed by atoms with E-state index in [0.29, 0.717) is 12.3 Å². The number of aldehydes is 1. The molecule has 1 fully saturated rings. The Morgan fingerprint density at radius 2 is 2.40 bits per heavy atom. The fourth-order valence-electron chi connectivity index (χ4n) is 2.73. The molecule has 0 bridgehead atoms. The van der Waals surface area contributed by atoms with Gasteiger partial charge in [-0.15, -0.1) is 0 Å². The molecular weight excluding hydrogens is 188 g/mol. The normalized spacial score (nSPS) is 34.7. The molecule has 1 N–H and O–H groups in total. The Kier molecular flexibility index (Phi) is 3.25. The van der Waals surface area contributed by atoms with Crippen molar-refractivity contribution >= 4 is 6.29 Å². The van der Waals surface area contributed by atoms with Crippen LogP contribution in [0.1, 0.15) is 51.4 Å². The van der Waals surface area contributed by atoms with Crippen LogP contribution in [0.5, 0.6) is 0 Å². The van der Waals surface area contributed by atoms with Gasteiger partial charge < -0.3 is 9.90 Å². The van der Waals surface area contributed by atoms with Crippen molar-refractivity contribution in [3.8, 4) is 0 Å². The first-order chi connectivity index (χ1) is 7.27. The Bertz CT molecular complexity index is 270. The molecule has 2 heteroatoms. The van der Waals surface area contributed by atoms with Crippen molar-refractivity contribution in [2.75, 3.05) is 0 Å². The van der Waals surface area contributed by atoms with Crippen LogP contribution >= 0.6 is 0 Å². The average molecular weight is 208 g/mol. The minimum atomic E-state index is -0.469. The molecule has 0 radical (unpaired) electrons. The summed E-state index contributed by atoms with van der Waals surface area (Å²) >= 11 is 0. The third-order valence-electron chi connectivity index (χ3n) is 3.79. The number of unbranched alkanes of at least 4 members (excludes halogenated alkanes) is 1. The van der Waals surface area contributed by atoms with Gasteiger partial charge in [0.05, 0.1) is 5.60 Å². The van der Waals surface area contributed by atoms with Crippen LogP contribution in [-0.2, 0) is 4.79 Å². The largest absolute Gasteiger partial charge is 0.385 e. The summed E-state index contributed by atoms with van der Waals surface area (Å²) in [5, 5.41) is 10.4. The van der Waals surface area contributed by atoms with E-state index >= 15 is 0 Å². The smallest absolute Gasteiger partial charge is 0.119 e. The SMILES string of the molecule is O=CCCC[C@@H]1C[C@]1(O)C1=CCCCC1. The van der Waals surface area contributed by atoms with Gasteiger partial charge >= 0.3 is 0 Å². The van der Waals surface area contributed by atoms with Crippen LogP contribution < -0.4 is 0 Å². The average Bonchev–Trinajstić information content (AvgIpc) is 2.93.